The van der Waals surface area contributed by atoms with Gasteiger partial charge in [0, 0.05) is 25.1 Å². The summed E-state index contributed by atoms with van der Waals surface area (Å²) in [5.41, 5.74) is 0.460. The molecule has 1 aromatic carbocycles. The van der Waals surface area contributed by atoms with Crippen LogP contribution in [-0.2, 0) is 16.4 Å². The predicted octanol–water partition coefficient (Wildman–Crippen LogP) is 1.95. The van der Waals surface area contributed by atoms with E-state index < -0.39 is 27.4 Å². The van der Waals surface area contributed by atoms with E-state index in [4.69, 9.17) is 0 Å². The van der Waals surface area contributed by atoms with Crippen molar-refractivity contribution in [1.82, 2.24) is 14.7 Å². The molecule has 0 aliphatic heterocycles. The van der Waals surface area contributed by atoms with Crippen LogP contribution in [0.25, 0.3) is 5.52 Å². The third kappa shape index (κ3) is 3.50. The lowest BCUT2D eigenvalue weighted by molar-refractivity contribution is 0.0947. The normalized spacial score (nSPS) is 11.6. The molecule has 9 heteroatoms. The van der Waals surface area contributed by atoms with Gasteiger partial charge in [-0.25, -0.2) is 22.2 Å². The van der Waals surface area contributed by atoms with Crippen LogP contribution in [0.5, 0.6) is 0 Å². The van der Waals surface area contributed by atoms with E-state index >= 15 is 0 Å². The average molecular weight is 365 g/mol. The van der Waals surface area contributed by atoms with Crippen LogP contribution in [0.3, 0.4) is 0 Å². The van der Waals surface area contributed by atoms with Gasteiger partial charge in [0.05, 0.1) is 5.52 Å². The Bertz CT molecular complexity index is 1060. The van der Waals surface area contributed by atoms with Gasteiger partial charge in [-0.2, -0.15) is 0 Å². The first-order chi connectivity index (χ1) is 11.8. The minimum atomic E-state index is -3.65. The maximum absolute atomic E-state index is 13.2. The fraction of sp³-hybridized carbons (Fsp3) is 0.125. The van der Waals surface area contributed by atoms with Crippen LogP contribution in [0, 0.1) is 11.6 Å². The summed E-state index contributed by atoms with van der Waals surface area (Å²) in [6, 6.07) is 7.72. The van der Waals surface area contributed by atoms with Gasteiger partial charge in [-0.3, -0.25) is 9.20 Å². The van der Waals surface area contributed by atoms with Crippen LogP contribution in [0.4, 0.5) is 8.78 Å². The third-order valence-electron chi connectivity index (χ3n) is 3.44. The molecule has 0 spiro atoms. The van der Waals surface area contributed by atoms with Gasteiger partial charge in [-0.1, -0.05) is 6.07 Å². The van der Waals surface area contributed by atoms with Crippen molar-refractivity contribution in [2.75, 3.05) is 6.26 Å². The van der Waals surface area contributed by atoms with Crippen LogP contribution in [0.1, 0.15) is 16.1 Å². The van der Waals surface area contributed by atoms with Gasteiger partial charge >= 0.3 is 0 Å². The second-order valence-electron chi connectivity index (χ2n) is 5.43. The standard InChI is InChI=1S/C16H13F2N3O3S/c1-25(23,24)16-20-14(13-4-2-3-5-21(13)16)15(22)19-9-10-6-11(17)8-12(18)7-10/h2-8H,9H2,1H3,(H,19,22). The van der Waals surface area contributed by atoms with Crippen molar-refractivity contribution in [1.29, 1.82) is 0 Å². The Morgan fingerprint density at radius 3 is 2.52 bits per heavy atom. The van der Waals surface area contributed by atoms with Gasteiger partial charge in [0.15, 0.2) is 5.69 Å². The van der Waals surface area contributed by atoms with Gasteiger partial charge in [-0.05, 0) is 29.8 Å². The number of carbonyl (C=O) groups excluding carboxylic acids is 1. The highest BCUT2D eigenvalue weighted by molar-refractivity contribution is 7.90. The summed E-state index contributed by atoms with van der Waals surface area (Å²) in [5, 5.41) is 2.22. The van der Waals surface area contributed by atoms with E-state index in [9.17, 15) is 22.0 Å². The molecule has 2 heterocycles. The number of rotatable bonds is 4. The maximum Gasteiger partial charge on any atom is 0.272 e. The number of pyridine rings is 1. The van der Waals surface area contributed by atoms with E-state index in [-0.39, 0.29) is 23.0 Å². The van der Waals surface area contributed by atoms with Crippen molar-refractivity contribution < 1.29 is 22.0 Å². The molecule has 25 heavy (non-hydrogen) atoms. The number of fused-ring (bicyclic) bond motifs is 1. The fourth-order valence-corrected chi connectivity index (χ4v) is 3.19. The molecular formula is C16H13F2N3O3S. The second kappa shape index (κ2) is 6.25. The quantitative estimate of drug-likeness (QED) is 0.766. The van der Waals surface area contributed by atoms with Crippen LogP contribution in [-0.4, -0.2) is 30.0 Å². The minimum Gasteiger partial charge on any atom is -0.347 e. The highest BCUT2D eigenvalue weighted by Crippen LogP contribution is 2.17. The van der Waals surface area contributed by atoms with Crippen LogP contribution in [0.2, 0.25) is 0 Å². The summed E-state index contributed by atoms with van der Waals surface area (Å²) in [4.78, 5) is 16.3. The summed E-state index contributed by atoms with van der Waals surface area (Å²) in [6.45, 7) is -0.131. The lowest BCUT2D eigenvalue weighted by atomic mass is 10.2. The highest BCUT2D eigenvalue weighted by atomic mass is 32.2. The number of imidazole rings is 1. The Morgan fingerprint density at radius 2 is 1.88 bits per heavy atom. The average Bonchev–Trinajstić information content (AvgIpc) is 2.91. The lowest BCUT2D eigenvalue weighted by Gasteiger charge is -2.04. The molecule has 3 aromatic rings. The Kier molecular flexibility index (Phi) is 4.25. The molecule has 0 unspecified atom stereocenters. The zero-order valence-corrected chi connectivity index (χ0v) is 13.8. The number of nitrogens with one attached hydrogen (secondary N) is 1. The number of halogens is 2. The molecule has 0 bridgehead atoms. The molecule has 0 atom stereocenters. The molecule has 0 saturated carbocycles. The van der Waals surface area contributed by atoms with E-state index in [0.29, 0.717) is 5.52 Å². The number of sulfone groups is 1. The van der Waals surface area contributed by atoms with Gasteiger partial charge < -0.3 is 5.32 Å². The third-order valence-corrected chi connectivity index (χ3v) is 4.39. The van der Waals surface area contributed by atoms with Gasteiger partial charge in [0.25, 0.3) is 5.91 Å². The number of aromatic nitrogens is 2. The SMILES string of the molecule is CS(=O)(=O)c1nc(C(=O)NCc2cc(F)cc(F)c2)c2ccccn12. The maximum atomic E-state index is 13.2. The Labute approximate surface area is 142 Å². The number of hydrogen-bond donors (Lipinski definition) is 1. The number of hydrogen-bond acceptors (Lipinski definition) is 4. The predicted molar refractivity (Wildman–Crippen MR) is 85.8 cm³/mol. The number of nitrogens with zero attached hydrogens (tertiary/aromatic N) is 2. The van der Waals surface area contributed by atoms with Gasteiger partial charge in [-0.15, -0.1) is 0 Å². The van der Waals surface area contributed by atoms with Crippen molar-refractivity contribution in [3.63, 3.8) is 0 Å². The zero-order valence-electron chi connectivity index (χ0n) is 13.0. The molecular weight excluding hydrogens is 352 g/mol. The Hall–Kier alpha value is -2.81. The smallest absolute Gasteiger partial charge is 0.272 e. The molecule has 0 aliphatic rings. The van der Waals surface area contributed by atoms with E-state index in [0.717, 1.165) is 24.5 Å². The van der Waals surface area contributed by atoms with Crippen molar-refractivity contribution in [2.45, 2.75) is 11.7 Å². The zero-order chi connectivity index (χ0) is 18.2. The molecule has 3 rings (SSSR count). The van der Waals surface area contributed by atoms with Crippen molar-refractivity contribution in [2.24, 2.45) is 0 Å². The Balaban J connectivity index is 1.92. The van der Waals surface area contributed by atoms with Crippen LogP contribution < -0.4 is 5.32 Å². The minimum absolute atomic E-state index is 0.0853. The van der Waals surface area contributed by atoms with E-state index in [1.807, 2.05) is 0 Å². The highest BCUT2D eigenvalue weighted by Gasteiger charge is 2.22. The topological polar surface area (TPSA) is 80.5 Å². The first-order valence-corrected chi connectivity index (χ1v) is 9.05. The molecule has 2 aromatic heterocycles. The van der Waals surface area contributed by atoms with Gasteiger partial charge in [0.1, 0.15) is 11.6 Å². The summed E-state index contributed by atoms with van der Waals surface area (Å²) in [5.74, 6) is -2.16. The van der Waals surface area contributed by atoms with E-state index in [1.165, 1.54) is 10.6 Å². The van der Waals surface area contributed by atoms with E-state index in [2.05, 4.69) is 10.3 Å². The number of benzene rings is 1. The monoisotopic (exact) mass is 365 g/mol. The summed E-state index contributed by atoms with van der Waals surface area (Å²) in [6.07, 6.45) is 2.48. The molecule has 0 radical (unpaired) electrons. The second-order valence-corrected chi connectivity index (χ2v) is 7.34. The molecule has 1 amide bonds. The van der Waals surface area contributed by atoms with Crippen molar-refractivity contribution >= 4 is 21.3 Å². The molecule has 0 fully saturated rings. The van der Waals surface area contributed by atoms with Crippen LogP contribution in [0.15, 0.2) is 47.8 Å². The molecule has 0 aliphatic carbocycles. The first-order valence-electron chi connectivity index (χ1n) is 7.16. The van der Waals surface area contributed by atoms with Gasteiger partial charge in [0.2, 0.25) is 15.0 Å². The number of carbonyl (C=O) groups is 1. The molecule has 0 saturated heterocycles. The van der Waals surface area contributed by atoms with Crippen molar-refractivity contribution in [3.8, 4) is 0 Å². The molecule has 6 nitrogen and oxygen atoms in total. The lowest BCUT2D eigenvalue weighted by Crippen LogP contribution is -2.23. The number of amides is 1. The summed E-state index contributed by atoms with van der Waals surface area (Å²) < 4.78 is 51.3. The summed E-state index contributed by atoms with van der Waals surface area (Å²) in [7, 11) is -3.65. The van der Waals surface area contributed by atoms with Crippen molar-refractivity contribution in [3.05, 3.63) is 65.5 Å². The van der Waals surface area contributed by atoms with E-state index in [1.54, 1.807) is 18.2 Å². The first kappa shape index (κ1) is 17.0. The fourth-order valence-electron chi connectivity index (χ4n) is 2.42. The van der Waals surface area contributed by atoms with Crippen LogP contribution >= 0.6 is 0 Å². The molecule has 130 valence electrons. The Morgan fingerprint density at radius 1 is 1.20 bits per heavy atom. The largest absolute Gasteiger partial charge is 0.347 e. The molecule has 1 N–H and O–H groups in total. The summed E-state index contributed by atoms with van der Waals surface area (Å²) >= 11 is 0.